The van der Waals surface area contributed by atoms with E-state index in [0.29, 0.717) is 31.4 Å². The van der Waals surface area contributed by atoms with Crippen molar-refractivity contribution in [3.63, 3.8) is 0 Å². The van der Waals surface area contributed by atoms with Gasteiger partial charge < -0.3 is 15.4 Å². The van der Waals surface area contributed by atoms with Crippen LogP contribution in [0.1, 0.15) is 23.7 Å². The van der Waals surface area contributed by atoms with E-state index in [1.807, 2.05) is 13.1 Å². The number of rotatable bonds is 9. The van der Waals surface area contributed by atoms with Crippen molar-refractivity contribution < 1.29 is 13.5 Å². The van der Waals surface area contributed by atoms with Crippen molar-refractivity contribution in [3.8, 4) is 5.75 Å². The molecular weight excluding hydrogens is 485 g/mol. The van der Waals surface area contributed by atoms with Crippen LogP contribution in [0.3, 0.4) is 0 Å². The molecule has 0 bridgehead atoms. The van der Waals surface area contributed by atoms with Crippen LogP contribution >= 0.6 is 35.3 Å². The molecule has 2 N–H and O–H groups in total. The first-order valence-corrected chi connectivity index (χ1v) is 9.47. The molecule has 0 saturated carbocycles. The molecule has 0 aliphatic carbocycles. The van der Waals surface area contributed by atoms with Gasteiger partial charge in [-0.25, -0.2) is 13.8 Å². The van der Waals surface area contributed by atoms with Gasteiger partial charge in [-0.2, -0.15) is 0 Å². The normalized spacial score (nSPS) is 11.0. The second-order valence-corrected chi connectivity index (χ2v) is 6.64. The van der Waals surface area contributed by atoms with Gasteiger partial charge in [0.25, 0.3) is 0 Å². The highest BCUT2D eigenvalue weighted by Crippen LogP contribution is 2.15. The van der Waals surface area contributed by atoms with Crippen LogP contribution in [-0.2, 0) is 12.8 Å². The Balaban J connectivity index is 0.00000364. The summed E-state index contributed by atoms with van der Waals surface area (Å²) in [6.45, 7) is 6.28. The molecule has 1 aromatic carbocycles. The molecule has 0 unspecified atom stereocenters. The lowest BCUT2D eigenvalue weighted by Gasteiger charge is -2.12. The summed E-state index contributed by atoms with van der Waals surface area (Å²) in [5.74, 6) is -0.820. The molecule has 1 heterocycles. The Labute approximate surface area is 179 Å². The number of halogens is 3. The third-order valence-corrected chi connectivity index (χ3v) is 4.65. The summed E-state index contributed by atoms with van der Waals surface area (Å²) in [5, 5.41) is 7.39. The van der Waals surface area contributed by atoms with Gasteiger partial charge in [-0.15, -0.1) is 35.3 Å². The molecule has 9 heteroatoms. The Bertz CT molecular complexity index is 727. The minimum Gasteiger partial charge on any atom is -0.492 e. The van der Waals surface area contributed by atoms with Crippen LogP contribution in [0.5, 0.6) is 5.75 Å². The van der Waals surface area contributed by atoms with E-state index in [4.69, 9.17) is 4.74 Å². The van der Waals surface area contributed by atoms with Crippen LogP contribution in [0.25, 0.3) is 0 Å². The van der Waals surface area contributed by atoms with Crippen molar-refractivity contribution in [2.75, 3.05) is 26.2 Å². The highest BCUT2D eigenvalue weighted by atomic mass is 127. The van der Waals surface area contributed by atoms with Gasteiger partial charge in [0.05, 0.1) is 11.6 Å². The fraction of sp³-hybridized carbons (Fsp3) is 0.444. The summed E-state index contributed by atoms with van der Waals surface area (Å²) < 4.78 is 31.4. The molecule has 0 aliphatic rings. The number of nitrogens with one attached hydrogen (secondary N) is 2. The molecule has 27 heavy (non-hydrogen) atoms. The van der Waals surface area contributed by atoms with Gasteiger partial charge in [0, 0.05) is 36.7 Å². The van der Waals surface area contributed by atoms with Gasteiger partial charge in [0.15, 0.2) is 17.6 Å². The summed E-state index contributed by atoms with van der Waals surface area (Å²) in [7, 11) is 0. The Morgan fingerprint density at radius 3 is 2.70 bits per heavy atom. The van der Waals surface area contributed by atoms with E-state index in [0.717, 1.165) is 36.5 Å². The van der Waals surface area contributed by atoms with Crippen LogP contribution in [-0.4, -0.2) is 37.2 Å². The first-order valence-electron chi connectivity index (χ1n) is 8.66. The van der Waals surface area contributed by atoms with Crippen molar-refractivity contribution in [3.05, 3.63) is 45.9 Å². The smallest absolute Gasteiger partial charge is 0.191 e. The lowest BCUT2D eigenvalue weighted by molar-refractivity contribution is 0.318. The lowest BCUT2D eigenvalue weighted by Crippen LogP contribution is -2.39. The lowest BCUT2D eigenvalue weighted by atomic mass is 10.3. The predicted octanol–water partition coefficient (Wildman–Crippen LogP) is 3.78. The van der Waals surface area contributed by atoms with Crippen molar-refractivity contribution in [2.24, 2.45) is 4.99 Å². The SMILES string of the molecule is CCNC(=NCCc1ncc(CC)s1)NCCOc1ccc(F)c(F)c1.I. The standard InChI is InChI=1S/C18H24F2N4OS.HI/c1-3-14-12-24-17(26-14)7-8-22-18(21-4-2)23-9-10-25-13-5-6-15(19)16(20)11-13;/h5-6,11-12H,3-4,7-10H2,1-2H3,(H2,21,22,23);1H. The fourth-order valence-electron chi connectivity index (χ4n) is 2.14. The summed E-state index contributed by atoms with van der Waals surface area (Å²) >= 11 is 1.72. The molecular formula is C18H25F2IN4OS. The molecule has 150 valence electrons. The largest absolute Gasteiger partial charge is 0.492 e. The van der Waals surface area contributed by atoms with Gasteiger partial charge in [-0.1, -0.05) is 6.92 Å². The summed E-state index contributed by atoms with van der Waals surface area (Å²) in [5.41, 5.74) is 0. The predicted molar refractivity (Wildman–Crippen MR) is 116 cm³/mol. The first-order chi connectivity index (χ1) is 12.6. The molecule has 0 saturated heterocycles. The average Bonchev–Trinajstić information content (AvgIpc) is 3.09. The number of aromatic nitrogens is 1. The van der Waals surface area contributed by atoms with Crippen LogP contribution in [0.4, 0.5) is 8.78 Å². The van der Waals surface area contributed by atoms with Gasteiger partial charge in [0.2, 0.25) is 0 Å². The zero-order chi connectivity index (χ0) is 18.8. The minimum absolute atomic E-state index is 0. The third kappa shape index (κ3) is 8.37. The number of aliphatic imine (C=N–C) groups is 1. The Kier molecular flexibility index (Phi) is 11.2. The number of hydrogen-bond acceptors (Lipinski definition) is 4. The van der Waals surface area contributed by atoms with Gasteiger partial charge >= 0.3 is 0 Å². The highest BCUT2D eigenvalue weighted by Gasteiger charge is 2.04. The number of guanidine groups is 1. The van der Waals surface area contributed by atoms with Gasteiger partial charge in [-0.3, -0.25) is 4.99 Å². The highest BCUT2D eigenvalue weighted by molar-refractivity contribution is 14.0. The van der Waals surface area contributed by atoms with Gasteiger partial charge in [-0.05, 0) is 25.5 Å². The van der Waals surface area contributed by atoms with Crippen molar-refractivity contribution >= 4 is 41.3 Å². The molecule has 0 spiro atoms. The van der Waals surface area contributed by atoms with E-state index < -0.39 is 11.6 Å². The van der Waals surface area contributed by atoms with E-state index in [9.17, 15) is 8.78 Å². The number of nitrogens with zero attached hydrogens (tertiary/aromatic N) is 2. The maximum absolute atomic E-state index is 13.1. The summed E-state index contributed by atoms with van der Waals surface area (Å²) in [6, 6.07) is 3.48. The topological polar surface area (TPSA) is 58.5 Å². The van der Waals surface area contributed by atoms with Crippen LogP contribution in [0.15, 0.2) is 29.4 Å². The molecule has 0 amide bonds. The first kappa shape index (κ1) is 23.5. The van der Waals surface area contributed by atoms with Crippen molar-refractivity contribution in [2.45, 2.75) is 26.7 Å². The summed E-state index contributed by atoms with van der Waals surface area (Å²) in [6.07, 6.45) is 3.72. The molecule has 5 nitrogen and oxygen atoms in total. The molecule has 2 rings (SSSR count). The van der Waals surface area contributed by atoms with E-state index in [1.165, 1.54) is 10.9 Å². The van der Waals surface area contributed by atoms with E-state index in [2.05, 4.69) is 27.5 Å². The molecule has 1 aromatic heterocycles. The van der Waals surface area contributed by atoms with E-state index in [-0.39, 0.29) is 24.0 Å². The molecule has 0 fully saturated rings. The average molecular weight is 510 g/mol. The van der Waals surface area contributed by atoms with Crippen molar-refractivity contribution in [1.29, 1.82) is 0 Å². The zero-order valence-electron chi connectivity index (χ0n) is 15.4. The quantitative estimate of drug-likeness (QED) is 0.234. The zero-order valence-corrected chi connectivity index (χ0v) is 18.6. The second kappa shape index (κ2) is 12.8. The number of benzene rings is 1. The molecule has 0 radical (unpaired) electrons. The molecule has 0 atom stereocenters. The maximum atomic E-state index is 13.1. The number of aryl methyl sites for hydroxylation is 1. The Morgan fingerprint density at radius 2 is 2.04 bits per heavy atom. The number of hydrogen-bond donors (Lipinski definition) is 2. The van der Waals surface area contributed by atoms with Crippen LogP contribution in [0, 0.1) is 11.6 Å². The number of ether oxygens (including phenoxy) is 1. The summed E-state index contributed by atoms with van der Waals surface area (Å²) in [4.78, 5) is 10.2. The van der Waals surface area contributed by atoms with Crippen LogP contribution < -0.4 is 15.4 Å². The molecule has 0 aliphatic heterocycles. The Hall–Kier alpha value is -1.49. The fourth-order valence-corrected chi connectivity index (χ4v) is 2.99. The Morgan fingerprint density at radius 1 is 1.22 bits per heavy atom. The van der Waals surface area contributed by atoms with Gasteiger partial charge in [0.1, 0.15) is 12.4 Å². The molecule has 2 aromatic rings. The van der Waals surface area contributed by atoms with Crippen LogP contribution in [0.2, 0.25) is 0 Å². The third-order valence-electron chi connectivity index (χ3n) is 3.44. The van der Waals surface area contributed by atoms with E-state index >= 15 is 0 Å². The minimum atomic E-state index is -0.918. The van der Waals surface area contributed by atoms with E-state index in [1.54, 1.807) is 11.3 Å². The van der Waals surface area contributed by atoms with Crippen molar-refractivity contribution in [1.82, 2.24) is 15.6 Å². The number of thiazole rings is 1. The monoisotopic (exact) mass is 510 g/mol. The maximum Gasteiger partial charge on any atom is 0.191 e. The second-order valence-electron chi connectivity index (χ2n) is 5.44.